The van der Waals surface area contributed by atoms with Crippen molar-refractivity contribution in [2.45, 2.75) is 20.0 Å². The highest BCUT2D eigenvalue weighted by Crippen LogP contribution is 2.16. The first kappa shape index (κ1) is 16.1. The Bertz CT molecular complexity index is 837. The molecule has 6 nitrogen and oxygen atoms in total. The lowest BCUT2D eigenvalue weighted by Gasteiger charge is -2.26. The molecule has 0 atom stereocenters. The van der Waals surface area contributed by atoms with E-state index in [0.29, 0.717) is 0 Å². The molecule has 3 aromatic rings. The molecular formula is C19H23N5O. The van der Waals surface area contributed by atoms with Crippen molar-refractivity contribution in [3.63, 3.8) is 0 Å². The van der Waals surface area contributed by atoms with Gasteiger partial charge in [0.2, 0.25) is 0 Å². The van der Waals surface area contributed by atoms with Crippen molar-refractivity contribution >= 4 is 11.3 Å². The first-order valence-corrected chi connectivity index (χ1v) is 8.71. The molecule has 1 aliphatic rings. The lowest BCUT2D eigenvalue weighted by atomic mass is 10.1. The molecule has 0 saturated carbocycles. The third kappa shape index (κ3) is 3.81. The lowest BCUT2D eigenvalue weighted by molar-refractivity contribution is 0.0342. The smallest absolute Gasteiger partial charge is 0.152 e. The molecule has 0 radical (unpaired) electrons. The van der Waals surface area contributed by atoms with Gasteiger partial charge in [-0.15, -0.1) is 0 Å². The van der Waals surface area contributed by atoms with Crippen LogP contribution in [0.2, 0.25) is 0 Å². The molecule has 0 aliphatic carbocycles. The summed E-state index contributed by atoms with van der Waals surface area (Å²) >= 11 is 0. The van der Waals surface area contributed by atoms with Crippen molar-refractivity contribution < 1.29 is 4.74 Å². The minimum absolute atomic E-state index is 0.745. The molecule has 3 heterocycles. The second-order valence-electron chi connectivity index (χ2n) is 6.45. The number of nitrogens with zero attached hydrogens (tertiary/aromatic N) is 4. The van der Waals surface area contributed by atoms with E-state index < -0.39 is 0 Å². The van der Waals surface area contributed by atoms with Gasteiger partial charge in [0.05, 0.1) is 18.9 Å². The van der Waals surface area contributed by atoms with E-state index in [1.165, 1.54) is 11.1 Å². The second kappa shape index (κ2) is 7.21. The Morgan fingerprint density at radius 2 is 1.88 bits per heavy atom. The number of rotatable bonds is 5. The fourth-order valence-electron chi connectivity index (χ4n) is 3.15. The second-order valence-corrected chi connectivity index (χ2v) is 6.45. The van der Waals surface area contributed by atoms with Crippen LogP contribution in [0.25, 0.3) is 5.52 Å². The summed E-state index contributed by atoms with van der Waals surface area (Å²) in [6.45, 7) is 7.45. The zero-order valence-electron chi connectivity index (χ0n) is 14.5. The molecule has 2 aromatic heterocycles. The average molecular weight is 337 g/mol. The van der Waals surface area contributed by atoms with E-state index in [4.69, 9.17) is 4.74 Å². The number of hydrogen-bond donors (Lipinski definition) is 1. The number of aryl methyl sites for hydroxylation is 1. The van der Waals surface area contributed by atoms with Crippen molar-refractivity contribution in [3.8, 4) is 0 Å². The molecule has 0 amide bonds. The molecule has 0 unspecified atom stereocenters. The monoisotopic (exact) mass is 337 g/mol. The number of benzene rings is 1. The summed E-state index contributed by atoms with van der Waals surface area (Å²) in [7, 11) is 0. The van der Waals surface area contributed by atoms with E-state index >= 15 is 0 Å². The van der Waals surface area contributed by atoms with E-state index in [0.717, 1.165) is 56.4 Å². The van der Waals surface area contributed by atoms with Crippen LogP contribution in [0.5, 0.6) is 0 Å². The number of nitrogens with one attached hydrogen (secondary N) is 1. The van der Waals surface area contributed by atoms with Gasteiger partial charge in [-0.2, -0.15) is 5.10 Å². The zero-order valence-corrected chi connectivity index (χ0v) is 14.5. The fraction of sp³-hybridized carbons (Fsp3) is 0.368. The Morgan fingerprint density at radius 3 is 2.68 bits per heavy atom. The van der Waals surface area contributed by atoms with Gasteiger partial charge in [0.1, 0.15) is 5.52 Å². The van der Waals surface area contributed by atoms with Crippen molar-refractivity contribution in [2.24, 2.45) is 0 Å². The highest BCUT2D eigenvalue weighted by Gasteiger charge is 2.10. The van der Waals surface area contributed by atoms with Crippen LogP contribution in [0.15, 0.2) is 42.7 Å². The first-order valence-electron chi connectivity index (χ1n) is 8.71. The van der Waals surface area contributed by atoms with Gasteiger partial charge < -0.3 is 10.1 Å². The van der Waals surface area contributed by atoms with Gasteiger partial charge >= 0.3 is 0 Å². The average Bonchev–Trinajstić information content (AvgIpc) is 3.03. The van der Waals surface area contributed by atoms with Gasteiger partial charge in [0, 0.05) is 38.6 Å². The number of aromatic nitrogens is 3. The van der Waals surface area contributed by atoms with Crippen molar-refractivity contribution in [3.05, 3.63) is 59.5 Å². The summed E-state index contributed by atoms with van der Waals surface area (Å²) in [6, 6.07) is 10.8. The van der Waals surface area contributed by atoms with Crippen LogP contribution in [-0.4, -0.2) is 45.8 Å². The maximum Gasteiger partial charge on any atom is 0.152 e. The number of anilines is 1. The van der Waals surface area contributed by atoms with Crippen LogP contribution in [0.3, 0.4) is 0 Å². The van der Waals surface area contributed by atoms with Gasteiger partial charge in [-0.05, 0) is 24.1 Å². The van der Waals surface area contributed by atoms with E-state index in [1.807, 2.05) is 23.7 Å². The summed E-state index contributed by atoms with van der Waals surface area (Å²) in [5, 5.41) is 7.84. The third-order valence-corrected chi connectivity index (χ3v) is 4.50. The molecule has 130 valence electrons. The van der Waals surface area contributed by atoms with Crippen LogP contribution in [0.1, 0.15) is 16.8 Å². The van der Waals surface area contributed by atoms with Gasteiger partial charge in [-0.3, -0.25) is 4.90 Å². The highest BCUT2D eigenvalue weighted by atomic mass is 16.5. The van der Waals surface area contributed by atoms with Crippen molar-refractivity contribution in [2.75, 3.05) is 31.6 Å². The summed E-state index contributed by atoms with van der Waals surface area (Å²) < 4.78 is 7.26. The molecule has 4 rings (SSSR count). The molecule has 6 heteroatoms. The van der Waals surface area contributed by atoms with Crippen LogP contribution in [0.4, 0.5) is 5.82 Å². The summed E-state index contributed by atoms with van der Waals surface area (Å²) in [4.78, 5) is 6.87. The fourth-order valence-corrected chi connectivity index (χ4v) is 3.15. The SMILES string of the molecule is Cc1cc2c(NCc3ccc(CN4CCOCC4)cc3)nccn2n1. The topological polar surface area (TPSA) is 54.7 Å². The molecule has 1 fully saturated rings. The standard InChI is InChI=1S/C19H23N5O/c1-15-12-18-19(20-6-7-24(18)22-15)21-13-16-2-4-17(5-3-16)14-23-8-10-25-11-9-23/h2-7,12H,8-11,13-14H2,1H3,(H,20,21). The molecular weight excluding hydrogens is 314 g/mol. The minimum Gasteiger partial charge on any atom is -0.379 e. The van der Waals surface area contributed by atoms with Crippen LogP contribution < -0.4 is 5.32 Å². The van der Waals surface area contributed by atoms with E-state index in [-0.39, 0.29) is 0 Å². The molecule has 25 heavy (non-hydrogen) atoms. The highest BCUT2D eigenvalue weighted by molar-refractivity contribution is 5.67. The quantitative estimate of drug-likeness (QED) is 0.775. The Kier molecular flexibility index (Phi) is 4.63. The Labute approximate surface area is 147 Å². The molecule has 0 spiro atoms. The Morgan fingerprint density at radius 1 is 1.12 bits per heavy atom. The Balaban J connectivity index is 1.39. The van der Waals surface area contributed by atoms with Crippen molar-refractivity contribution in [1.29, 1.82) is 0 Å². The van der Waals surface area contributed by atoms with E-state index in [2.05, 4.69) is 44.6 Å². The van der Waals surface area contributed by atoms with Gasteiger partial charge in [-0.25, -0.2) is 9.50 Å². The third-order valence-electron chi connectivity index (χ3n) is 4.50. The van der Waals surface area contributed by atoms with Crippen LogP contribution in [0, 0.1) is 6.92 Å². The summed E-state index contributed by atoms with van der Waals surface area (Å²) in [5.74, 6) is 0.862. The predicted octanol–water partition coefficient (Wildman–Crippen LogP) is 2.48. The molecule has 1 N–H and O–H groups in total. The van der Waals surface area contributed by atoms with Gasteiger partial charge in [0.25, 0.3) is 0 Å². The maximum atomic E-state index is 5.40. The van der Waals surface area contributed by atoms with Crippen LogP contribution in [-0.2, 0) is 17.8 Å². The lowest BCUT2D eigenvalue weighted by Crippen LogP contribution is -2.35. The largest absolute Gasteiger partial charge is 0.379 e. The van der Waals surface area contributed by atoms with E-state index in [9.17, 15) is 0 Å². The van der Waals surface area contributed by atoms with Gasteiger partial charge in [-0.1, -0.05) is 24.3 Å². The van der Waals surface area contributed by atoms with Gasteiger partial charge in [0.15, 0.2) is 5.82 Å². The summed E-state index contributed by atoms with van der Waals surface area (Å²) in [5.41, 5.74) is 4.58. The number of hydrogen-bond acceptors (Lipinski definition) is 5. The number of fused-ring (bicyclic) bond motifs is 1. The predicted molar refractivity (Wildman–Crippen MR) is 97.6 cm³/mol. The first-order chi connectivity index (χ1) is 12.3. The van der Waals surface area contributed by atoms with E-state index in [1.54, 1.807) is 6.20 Å². The molecule has 1 aliphatic heterocycles. The minimum atomic E-state index is 0.745. The number of morpholine rings is 1. The summed E-state index contributed by atoms with van der Waals surface area (Å²) in [6.07, 6.45) is 3.64. The molecule has 1 aromatic carbocycles. The Hall–Kier alpha value is -2.44. The normalized spacial score (nSPS) is 15.6. The van der Waals surface area contributed by atoms with Crippen LogP contribution >= 0.6 is 0 Å². The molecule has 0 bridgehead atoms. The maximum absolute atomic E-state index is 5.40. The number of ether oxygens (including phenoxy) is 1. The molecule has 1 saturated heterocycles. The van der Waals surface area contributed by atoms with Crippen molar-refractivity contribution in [1.82, 2.24) is 19.5 Å². The zero-order chi connectivity index (χ0) is 17.1.